The number of rotatable bonds is 9. The van der Waals surface area contributed by atoms with Gasteiger partial charge in [-0.1, -0.05) is 37.6 Å². The van der Waals surface area contributed by atoms with Crippen molar-refractivity contribution in [2.45, 2.75) is 45.7 Å². The van der Waals surface area contributed by atoms with Crippen molar-refractivity contribution in [1.82, 2.24) is 10.0 Å². The first-order valence-electron chi connectivity index (χ1n) is 7.29. The molecule has 0 saturated heterocycles. The summed E-state index contributed by atoms with van der Waals surface area (Å²) in [5, 5.41) is 3.88. The smallest absolute Gasteiger partial charge is 0.212 e. The predicted molar refractivity (Wildman–Crippen MR) is 89.2 cm³/mol. The summed E-state index contributed by atoms with van der Waals surface area (Å²) in [6.45, 7) is 6.82. The third-order valence-electron chi connectivity index (χ3n) is 3.10. The van der Waals surface area contributed by atoms with Gasteiger partial charge in [-0.25, -0.2) is 13.1 Å². The van der Waals surface area contributed by atoms with Crippen molar-refractivity contribution in [2.24, 2.45) is 0 Å². The average molecular weight is 333 g/mol. The molecule has 0 saturated carbocycles. The summed E-state index contributed by atoms with van der Waals surface area (Å²) in [7, 11) is -3.26. The summed E-state index contributed by atoms with van der Waals surface area (Å²) in [6, 6.07) is 7.39. The molecule has 0 radical (unpaired) electrons. The zero-order valence-corrected chi connectivity index (χ0v) is 14.5. The lowest BCUT2D eigenvalue weighted by Crippen LogP contribution is -2.30. The molecule has 2 N–H and O–H groups in total. The summed E-state index contributed by atoms with van der Waals surface area (Å²) in [5.41, 5.74) is 0.868. The molecule has 1 rings (SSSR count). The molecule has 0 aliphatic carbocycles. The molecule has 4 nitrogen and oxygen atoms in total. The highest BCUT2D eigenvalue weighted by molar-refractivity contribution is 7.89. The van der Waals surface area contributed by atoms with Crippen LogP contribution in [0.25, 0.3) is 0 Å². The molecule has 0 bridgehead atoms. The Hall–Kier alpha value is -0.620. The number of sulfonamides is 1. The van der Waals surface area contributed by atoms with E-state index in [0.29, 0.717) is 17.5 Å². The van der Waals surface area contributed by atoms with E-state index in [2.05, 4.69) is 23.9 Å². The fourth-order valence-corrected chi connectivity index (χ4v) is 3.56. The summed E-state index contributed by atoms with van der Waals surface area (Å²) in [4.78, 5) is 0. The minimum atomic E-state index is -3.26. The Morgan fingerprint density at radius 2 is 1.90 bits per heavy atom. The number of hydrogen-bond acceptors (Lipinski definition) is 3. The molecule has 1 atom stereocenters. The fourth-order valence-electron chi connectivity index (χ4n) is 1.98. The molecule has 0 spiro atoms. The van der Waals surface area contributed by atoms with E-state index in [9.17, 15) is 8.42 Å². The molecular weight excluding hydrogens is 308 g/mol. The second-order valence-corrected chi connectivity index (χ2v) is 7.84. The summed E-state index contributed by atoms with van der Waals surface area (Å²) in [5.74, 6) is 0.150. The predicted octanol–water partition coefficient (Wildman–Crippen LogP) is 3.10. The number of nitrogens with one attached hydrogen (secondary N) is 2. The maximum atomic E-state index is 12.0. The van der Waals surface area contributed by atoms with Gasteiger partial charge in [0.15, 0.2) is 0 Å². The Bertz CT molecular complexity index is 532. The number of hydrogen-bond donors (Lipinski definition) is 2. The van der Waals surface area contributed by atoms with E-state index in [4.69, 9.17) is 11.6 Å². The standard InChI is InChI=1S/C15H25ClN2O2S/c1-12(2)17-9-4-5-10-21(19,20)18-13(3)14-7-6-8-15(16)11-14/h6-8,11-13,17-18H,4-5,9-10H2,1-3H3. The summed E-state index contributed by atoms with van der Waals surface area (Å²) in [6.07, 6.45) is 1.50. The minimum absolute atomic E-state index is 0.150. The first-order chi connectivity index (χ1) is 9.80. The van der Waals surface area contributed by atoms with Crippen molar-refractivity contribution < 1.29 is 8.42 Å². The highest BCUT2D eigenvalue weighted by Crippen LogP contribution is 2.18. The van der Waals surface area contributed by atoms with E-state index in [1.54, 1.807) is 12.1 Å². The molecule has 1 unspecified atom stereocenters. The maximum Gasteiger partial charge on any atom is 0.212 e. The molecule has 0 aliphatic heterocycles. The van der Waals surface area contributed by atoms with Crippen LogP contribution in [0.5, 0.6) is 0 Å². The van der Waals surface area contributed by atoms with Crippen LogP contribution in [0.3, 0.4) is 0 Å². The maximum absolute atomic E-state index is 12.0. The van der Waals surface area contributed by atoms with Gasteiger partial charge < -0.3 is 5.32 Å². The fraction of sp³-hybridized carbons (Fsp3) is 0.600. The summed E-state index contributed by atoms with van der Waals surface area (Å²) >= 11 is 5.92. The molecule has 1 aromatic rings. The monoisotopic (exact) mass is 332 g/mol. The highest BCUT2D eigenvalue weighted by atomic mass is 35.5. The van der Waals surface area contributed by atoms with Gasteiger partial charge in [0.25, 0.3) is 0 Å². The first-order valence-corrected chi connectivity index (χ1v) is 9.32. The number of benzene rings is 1. The first kappa shape index (κ1) is 18.4. The van der Waals surface area contributed by atoms with Crippen LogP contribution in [-0.2, 0) is 10.0 Å². The van der Waals surface area contributed by atoms with Gasteiger partial charge in [0.2, 0.25) is 10.0 Å². The van der Waals surface area contributed by atoms with Gasteiger partial charge in [-0.05, 0) is 44.0 Å². The van der Waals surface area contributed by atoms with E-state index in [1.165, 1.54) is 0 Å². The molecule has 1 aromatic carbocycles. The van der Waals surface area contributed by atoms with Gasteiger partial charge in [0, 0.05) is 17.1 Å². The van der Waals surface area contributed by atoms with Crippen LogP contribution in [0.2, 0.25) is 5.02 Å². The quantitative estimate of drug-likeness (QED) is 0.683. The molecule has 120 valence electrons. The Morgan fingerprint density at radius 1 is 1.19 bits per heavy atom. The molecule has 0 aromatic heterocycles. The second-order valence-electron chi connectivity index (χ2n) is 5.53. The van der Waals surface area contributed by atoms with Gasteiger partial charge >= 0.3 is 0 Å². The molecule has 6 heteroatoms. The summed E-state index contributed by atoms with van der Waals surface area (Å²) < 4.78 is 26.8. The topological polar surface area (TPSA) is 58.2 Å². The van der Waals surface area contributed by atoms with Crippen LogP contribution in [0.1, 0.15) is 45.2 Å². The van der Waals surface area contributed by atoms with Crippen molar-refractivity contribution in [2.75, 3.05) is 12.3 Å². The lowest BCUT2D eigenvalue weighted by atomic mass is 10.1. The normalized spacial score (nSPS) is 13.6. The van der Waals surface area contributed by atoms with E-state index in [0.717, 1.165) is 18.5 Å². The van der Waals surface area contributed by atoms with E-state index in [-0.39, 0.29) is 11.8 Å². The van der Waals surface area contributed by atoms with Crippen molar-refractivity contribution in [3.63, 3.8) is 0 Å². The Morgan fingerprint density at radius 3 is 2.52 bits per heavy atom. The van der Waals surface area contributed by atoms with Crippen LogP contribution < -0.4 is 10.0 Å². The minimum Gasteiger partial charge on any atom is -0.315 e. The molecule has 0 fully saturated rings. The lowest BCUT2D eigenvalue weighted by molar-refractivity contribution is 0.549. The lowest BCUT2D eigenvalue weighted by Gasteiger charge is -2.15. The van der Waals surface area contributed by atoms with Gasteiger partial charge in [0.05, 0.1) is 5.75 Å². The average Bonchev–Trinajstić information content (AvgIpc) is 2.37. The third kappa shape index (κ3) is 7.81. The number of unbranched alkanes of at least 4 members (excludes halogenated alkanes) is 1. The molecule has 0 aliphatic rings. The van der Waals surface area contributed by atoms with E-state index < -0.39 is 10.0 Å². The molecule has 21 heavy (non-hydrogen) atoms. The van der Waals surface area contributed by atoms with Crippen LogP contribution in [0, 0.1) is 0 Å². The van der Waals surface area contributed by atoms with Crippen molar-refractivity contribution in [3.8, 4) is 0 Å². The Balaban J connectivity index is 2.41. The van der Waals surface area contributed by atoms with Gasteiger partial charge in [-0.15, -0.1) is 0 Å². The van der Waals surface area contributed by atoms with Crippen molar-refractivity contribution >= 4 is 21.6 Å². The van der Waals surface area contributed by atoms with E-state index >= 15 is 0 Å². The van der Waals surface area contributed by atoms with Crippen LogP contribution in [0.15, 0.2) is 24.3 Å². The van der Waals surface area contributed by atoms with Gasteiger partial charge in [-0.3, -0.25) is 0 Å². The molecule has 0 amide bonds. The SMILES string of the molecule is CC(C)NCCCCS(=O)(=O)NC(C)c1cccc(Cl)c1. The molecule has 0 heterocycles. The van der Waals surface area contributed by atoms with Gasteiger partial charge in [0.1, 0.15) is 0 Å². The third-order valence-corrected chi connectivity index (χ3v) is 4.87. The highest BCUT2D eigenvalue weighted by Gasteiger charge is 2.15. The van der Waals surface area contributed by atoms with Gasteiger partial charge in [-0.2, -0.15) is 0 Å². The number of halogens is 1. The van der Waals surface area contributed by atoms with E-state index in [1.807, 2.05) is 19.1 Å². The Kier molecular flexibility index (Phi) is 7.66. The van der Waals surface area contributed by atoms with Crippen molar-refractivity contribution in [1.29, 1.82) is 0 Å². The van der Waals surface area contributed by atoms with Crippen molar-refractivity contribution in [3.05, 3.63) is 34.9 Å². The van der Waals surface area contributed by atoms with Crippen LogP contribution in [0.4, 0.5) is 0 Å². The molecular formula is C15H25ClN2O2S. The van der Waals surface area contributed by atoms with Crippen LogP contribution in [-0.4, -0.2) is 26.8 Å². The zero-order chi connectivity index (χ0) is 15.9. The van der Waals surface area contributed by atoms with Crippen LogP contribution >= 0.6 is 11.6 Å². The largest absolute Gasteiger partial charge is 0.315 e. The second kappa shape index (κ2) is 8.73. The zero-order valence-electron chi connectivity index (χ0n) is 12.9. The Labute approximate surface area is 133 Å².